The molecular weight excluding hydrogens is 308 g/mol. The van der Waals surface area contributed by atoms with Gasteiger partial charge in [-0.3, -0.25) is 9.69 Å². The van der Waals surface area contributed by atoms with Crippen molar-refractivity contribution in [2.24, 2.45) is 11.8 Å². The SMILES string of the molecule is O=C(c1ccc(CO)cc1)N1CC(CO)C(CN2CCOCC2)C1. The van der Waals surface area contributed by atoms with Crippen LogP contribution >= 0.6 is 0 Å². The van der Waals surface area contributed by atoms with E-state index in [-0.39, 0.29) is 25.0 Å². The monoisotopic (exact) mass is 334 g/mol. The second-order valence-electron chi connectivity index (χ2n) is 6.68. The summed E-state index contributed by atoms with van der Waals surface area (Å²) >= 11 is 0. The van der Waals surface area contributed by atoms with Gasteiger partial charge in [0.25, 0.3) is 5.91 Å². The highest BCUT2D eigenvalue weighted by molar-refractivity contribution is 5.94. The van der Waals surface area contributed by atoms with Crippen molar-refractivity contribution in [3.8, 4) is 0 Å². The third-order valence-electron chi connectivity index (χ3n) is 5.08. The van der Waals surface area contributed by atoms with Gasteiger partial charge in [-0.05, 0) is 23.6 Å². The number of hydrogen-bond acceptors (Lipinski definition) is 5. The molecule has 1 aromatic carbocycles. The summed E-state index contributed by atoms with van der Waals surface area (Å²) < 4.78 is 5.38. The van der Waals surface area contributed by atoms with Gasteiger partial charge in [0.05, 0.1) is 19.8 Å². The van der Waals surface area contributed by atoms with Crippen LogP contribution in [0.2, 0.25) is 0 Å². The van der Waals surface area contributed by atoms with Crippen molar-refractivity contribution >= 4 is 5.91 Å². The molecule has 0 bridgehead atoms. The molecule has 2 atom stereocenters. The Labute approximate surface area is 142 Å². The lowest BCUT2D eigenvalue weighted by Crippen LogP contribution is -2.41. The van der Waals surface area contributed by atoms with E-state index in [1.165, 1.54) is 0 Å². The van der Waals surface area contributed by atoms with E-state index in [4.69, 9.17) is 9.84 Å². The van der Waals surface area contributed by atoms with Crippen LogP contribution in [0.25, 0.3) is 0 Å². The lowest BCUT2D eigenvalue weighted by atomic mass is 9.96. The highest BCUT2D eigenvalue weighted by Crippen LogP contribution is 2.26. The summed E-state index contributed by atoms with van der Waals surface area (Å²) in [6.07, 6.45) is 0. The third-order valence-corrected chi connectivity index (χ3v) is 5.08. The lowest BCUT2D eigenvalue weighted by Gasteiger charge is -2.30. The Morgan fingerprint density at radius 1 is 1.08 bits per heavy atom. The minimum absolute atomic E-state index is 0.00224. The Kier molecular flexibility index (Phi) is 5.84. The first-order valence-corrected chi connectivity index (χ1v) is 8.61. The molecule has 2 unspecified atom stereocenters. The maximum Gasteiger partial charge on any atom is 0.253 e. The van der Waals surface area contributed by atoms with Gasteiger partial charge >= 0.3 is 0 Å². The minimum Gasteiger partial charge on any atom is -0.396 e. The van der Waals surface area contributed by atoms with Crippen LogP contribution in [0.3, 0.4) is 0 Å². The first-order chi connectivity index (χ1) is 11.7. The van der Waals surface area contributed by atoms with Crippen LogP contribution < -0.4 is 0 Å². The van der Waals surface area contributed by atoms with Crippen LogP contribution in [-0.2, 0) is 11.3 Å². The molecule has 6 nitrogen and oxygen atoms in total. The smallest absolute Gasteiger partial charge is 0.253 e. The Morgan fingerprint density at radius 3 is 2.38 bits per heavy atom. The number of ether oxygens (including phenoxy) is 1. The molecular formula is C18H26N2O4. The van der Waals surface area contributed by atoms with Crippen molar-refractivity contribution in [3.05, 3.63) is 35.4 Å². The highest BCUT2D eigenvalue weighted by Gasteiger charge is 2.36. The summed E-state index contributed by atoms with van der Waals surface area (Å²) in [6.45, 7) is 5.65. The summed E-state index contributed by atoms with van der Waals surface area (Å²) in [4.78, 5) is 16.9. The third kappa shape index (κ3) is 3.95. The minimum atomic E-state index is -0.0214. The van der Waals surface area contributed by atoms with E-state index < -0.39 is 0 Å². The number of rotatable bonds is 5. The Hall–Kier alpha value is -1.47. The van der Waals surface area contributed by atoms with Crippen molar-refractivity contribution in [2.75, 3.05) is 52.5 Å². The van der Waals surface area contributed by atoms with Crippen LogP contribution in [-0.4, -0.2) is 78.5 Å². The zero-order chi connectivity index (χ0) is 16.9. The molecule has 0 aliphatic carbocycles. The van der Waals surface area contributed by atoms with Gasteiger partial charge in [0, 0.05) is 50.8 Å². The molecule has 2 heterocycles. The van der Waals surface area contributed by atoms with Crippen molar-refractivity contribution < 1.29 is 19.7 Å². The molecule has 2 saturated heterocycles. The van der Waals surface area contributed by atoms with Gasteiger partial charge in [0.1, 0.15) is 0 Å². The molecule has 24 heavy (non-hydrogen) atoms. The van der Waals surface area contributed by atoms with Crippen LogP contribution in [0.5, 0.6) is 0 Å². The second kappa shape index (κ2) is 8.07. The van der Waals surface area contributed by atoms with Gasteiger partial charge in [-0.1, -0.05) is 12.1 Å². The number of aliphatic hydroxyl groups is 2. The van der Waals surface area contributed by atoms with E-state index >= 15 is 0 Å². The number of benzene rings is 1. The number of hydrogen-bond donors (Lipinski definition) is 2. The second-order valence-corrected chi connectivity index (χ2v) is 6.68. The van der Waals surface area contributed by atoms with Crippen LogP contribution in [0.15, 0.2) is 24.3 Å². The van der Waals surface area contributed by atoms with Gasteiger partial charge in [0.2, 0.25) is 0 Å². The van der Waals surface area contributed by atoms with Crippen LogP contribution in [0.4, 0.5) is 0 Å². The maximum atomic E-state index is 12.7. The molecule has 1 amide bonds. The molecule has 1 aromatic rings. The number of morpholine rings is 1. The van der Waals surface area contributed by atoms with E-state index in [2.05, 4.69) is 4.90 Å². The van der Waals surface area contributed by atoms with Crippen molar-refractivity contribution in [1.29, 1.82) is 0 Å². The average molecular weight is 334 g/mol. The maximum absolute atomic E-state index is 12.7. The van der Waals surface area contributed by atoms with Gasteiger partial charge in [-0.2, -0.15) is 0 Å². The quantitative estimate of drug-likeness (QED) is 0.804. The zero-order valence-corrected chi connectivity index (χ0v) is 13.9. The topological polar surface area (TPSA) is 73.2 Å². The zero-order valence-electron chi connectivity index (χ0n) is 13.9. The van der Waals surface area contributed by atoms with Crippen LogP contribution in [0, 0.1) is 11.8 Å². The van der Waals surface area contributed by atoms with Gasteiger partial charge in [0.15, 0.2) is 0 Å². The fourth-order valence-corrected chi connectivity index (χ4v) is 3.57. The molecule has 6 heteroatoms. The Morgan fingerprint density at radius 2 is 1.75 bits per heavy atom. The molecule has 0 saturated carbocycles. The highest BCUT2D eigenvalue weighted by atomic mass is 16.5. The van der Waals surface area contributed by atoms with E-state index in [1.807, 2.05) is 4.90 Å². The lowest BCUT2D eigenvalue weighted by molar-refractivity contribution is 0.0264. The molecule has 0 spiro atoms. The standard InChI is InChI=1S/C18H26N2O4/c21-12-14-1-3-15(4-2-14)18(23)20-10-16(17(11-20)13-22)9-19-5-7-24-8-6-19/h1-4,16-17,21-22H,5-13H2. The Balaban J connectivity index is 1.62. The summed E-state index contributed by atoms with van der Waals surface area (Å²) in [5, 5.41) is 18.8. The van der Waals surface area contributed by atoms with E-state index in [0.717, 1.165) is 38.4 Å². The molecule has 2 N–H and O–H groups in total. The largest absolute Gasteiger partial charge is 0.396 e. The molecule has 3 rings (SSSR count). The summed E-state index contributed by atoms with van der Waals surface area (Å²) in [5.74, 6) is 0.435. The fourth-order valence-electron chi connectivity index (χ4n) is 3.57. The number of aliphatic hydroxyl groups excluding tert-OH is 2. The summed E-state index contributed by atoms with van der Waals surface area (Å²) in [6, 6.07) is 7.07. The molecule has 0 radical (unpaired) electrons. The van der Waals surface area contributed by atoms with Crippen LogP contribution in [0.1, 0.15) is 15.9 Å². The molecule has 2 aliphatic rings. The predicted octanol–water partition coefficient (Wildman–Crippen LogP) is 0.192. The van der Waals surface area contributed by atoms with Gasteiger partial charge < -0.3 is 19.8 Å². The summed E-state index contributed by atoms with van der Waals surface area (Å²) in [5.41, 5.74) is 1.43. The first kappa shape index (κ1) is 17.4. The fraction of sp³-hybridized carbons (Fsp3) is 0.611. The van der Waals surface area contributed by atoms with Crippen molar-refractivity contribution in [1.82, 2.24) is 9.80 Å². The summed E-state index contributed by atoms with van der Waals surface area (Å²) in [7, 11) is 0. The molecule has 2 aliphatic heterocycles. The van der Waals surface area contributed by atoms with E-state index in [0.29, 0.717) is 24.6 Å². The van der Waals surface area contributed by atoms with Gasteiger partial charge in [-0.25, -0.2) is 0 Å². The van der Waals surface area contributed by atoms with Gasteiger partial charge in [-0.15, -0.1) is 0 Å². The Bertz CT molecular complexity index is 542. The van der Waals surface area contributed by atoms with Crippen molar-refractivity contribution in [2.45, 2.75) is 6.61 Å². The molecule has 2 fully saturated rings. The number of amides is 1. The molecule has 0 aromatic heterocycles. The number of carbonyl (C=O) groups excluding carboxylic acids is 1. The first-order valence-electron chi connectivity index (χ1n) is 8.61. The average Bonchev–Trinajstić information content (AvgIpc) is 3.05. The normalized spacial score (nSPS) is 25.2. The number of carbonyl (C=O) groups is 1. The number of likely N-dealkylation sites (tertiary alicyclic amines) is 1. The van der Waals surface area contributed by atoms with E-state index in [1.54, 1.807) is 24.3 Å². The van der Waals surface area contributed by atoms with E-state index in [9.17, 15) is 9.90 Å². The predicted molar refractivity (Wildman–Crippen MR) is 89.6 cm³/mol. The molecule has 132 valence electrons. The van der Waals surface area contributed by atoms with Crippen molar-refractivity contribution in [3.63, 3.8) is 0 Å². The number of nitrogens with zero attached hydrogens (tertiary/aromatic N) is 2.